The van der Waals surface area contributed by atoms with Crippen molar-refractivity contribution in [3.63, 3.8) is 0 Å². The van der Waals surface area contributed by atoms with Crippen molar-refractivity contribution < 1.29 is 4.79 Å². The molecule has 1 rings (SSSR count). The minimum atomic E-state index is -0.436. The van der Waals surface area contributed by atoms with Crippen molar-refractivity contribution in [1.29, 1.82) is 0 Å². The molecule has 4 heteroatoms. The molecule has 2 atom stereocenters. The van der Waals surface area contributed by atoms with Crippen LogP contribution >= 0.6 is 0 Å². The van der Waals surface area contributed by atoms with Crippen LogP contribution in [0.2, 0.25) is 0 Å². The second kappa shape index (κ2) is 6.01. The number of amides is 1. The molecule has 0 aliphatic carbocycles. The van der Waals surface area contributed by atoms with Gasteiger partial charge in [0, 0.05) is 19.6 Å². The molecule has 2 N–H and O–H groups in total. The first-order chi connectivity index (χ1) is 7.56. The first-order valence-electron chi connectivity index (χ1n) is 5.88. The summed E-state index contributed by atoms with van der Waals surface area (Å²) in [6, 6.07) is 0.0547. The molecule has 2 unspecified atom stereocenters. The molecule has 0 aromatic carbocycles. The van der Waals surface area contributed by atoms with Gasteiger partial charge in [0.25, 0.3) is 0 Å². The molecule has 0 spiro atoms. The maximum Gasteiger partial charge on any atom is 0.239 e. The van der Waals surface area contributed by atoms with E-state index >= 15 is 0 Å². The van der Waals surface area contributed by atoms with Crippen LogP contribution in [0, 0.1) is 0 Å². The van der Waals surface area contributed by atoms with Gasteiger partial charge in [-0.2, -0.15) is 0 Å². The van der Waals surface area contributed by atoms with Crippen LogP contribution in [0.5, 0.6) is 0 Å². The highest BCUT2D eigenvalue weighted by Crippen LogP contribution is 2.15. The molecule has 0 aromatic rings. The van der Waals surface area contributed by atoms with Crippen molar-refractivity contribution >= 4 is 5.91 Å². The smallest absolute Gasteiger partial charge is 0.239 e. The molecule has 1 aliphatic rings. The molecule has 0 aromatic heterocycles. The second-order valence-corrected chi connectivity index (χ2v) is 4.63. The Labute approximate surface area is 98.1 Å². The summed E-state index contributed by atoms with van der Waals surface area (Å²) < 4.78 is 0. The van der Waals surface area contributed by atoms with Gasteiger partial charge in [-0.1, -0.05) is 6.08 Å². The Morgan fingerprint density at radius 3 is 2.94 bits per heavy atom. The summed E-state index contributed by atoms with van der Waals surface area (Å²) in [7, 11) is 3.94. The molecule has 0 saturated carbocycles. The lowest BCUT2D eigenvalue weighted by molar-refractivity contribution is -0.131. The van der Waals surface area contributed by atoms with Gasteiger partial charge < -0.3 is 15.5 Å². The van der Waals surface area contributed by atoms with E-state index in [1.54, 1.807) is 11.0 Å². The second-order valence-electron chi connectivity index (χ2n) is 4.63. The zero-order chi connectivity index (χ0) is 12.1. The van der Waals surface area contributed by atoms with E-state index < -0.39 is 6.04 Å². The molecular weight excluding hydrogens is 202 g/mol. The lowest BCUT2D eigenvalue weighted by Gasteiger charge is -2.27. The van der Waals surface area contributed by atoms with Crippen LogP contribution in [0.3, 0.4) is 0 Å². The Morgan fingerprint density at radius 2 is 2.44 bits per heavy atom. The van der Waals surface area contributed by atoms with Gasteiger partial charge in [0.1, 0.15) is 0 Å². The first kappa shape index (κ1) is 13.2. The molecule has 92 valence electrons. The van der Waals surface area contributed by atoms with Gasteiger partial charge in [0.2, 0.25) is 5.91 Å². The third-order valence-electron chi connectivity index (χ3n) is 3.27. The summed E-state index contributed by atoms with van der Waals surface area (Å²) in [6.07, 6.45) is 4.63. The molecule has 1 heterocycles. The minimum absolute atomic E-state index is 0.0141. The molecule has 0 radical (unpaired) electrons. The number of likely N-dealkylation sites (N-methyl/N-ethyl adjacent to an activating group) is 2. The van der Waals surface area contributed by atoms with Gasteiger partial charge in [-0.05, 0) is 32.9 Å². The number of carbonyl (C=O) groups is 1. The summed E-state index contributed by atoms with van der Waals surface area (Å²) in [6.45, 7) is 5.51. The third kappa shape index (κ3) is 3.32. The number of likely N-dealkylation sites (tertiary alicyclic amines) is 1. The van der Waals surface area contributed by atoms with Gasteiger partial charge in [0.15, 0.2) is 0 Å². The zero-order valence-electron chi connectivity index (χ0n) is 10.4. The highest BCUT2D eigenvalue weighted by molar-refractivity contribution is 5.81. The van der Waals surface area contributed by atoms with E-state index in [9.17, 15) is 4.79 Å². The van der Waals surface area contributed by atoms with E-state index in [4.69, 9.17) is 5.73 Å². The van der Waals surface area contributed by atoms with E-state index in [1.807, 2.05) is 7.05 Å². The van der Waals surface area contributed by atoms with Crippen molar-refractivity contribution in [2.75, 3.05) is 27.2 Å². The number of nitrogens with zero attached hydrogens (tertiary/aromatic N) is 2. The molecule has 16 heavy (non-hydrogen) atoms. The van der Waals surface area contributed by atoms with Crippen LogP contribution in [0.15, 0.2) is 12.7 Å². The van der Waals surface area contributed by atoms with Crippen LogP contribution in [0.4, 0.5) is 0 Å². The van der Waals surface area contributed by atoms with Gasteiger partial charge in [-0.25, -0.2) is 0 Å². The van der Waals surface area contributed by atoms with E-state index in [1.165, 1.54) is 12.8 Å². The Balaban J connectivity index is 2.41. The van der Waals surface area contributed by atoms with Crippen molar-refractivity contribution in [1.82, 2.24) is 9.80 Å². The van der Waals surface area contributed by atoms with E-state index in [-0.39, 0.29) is 5.91 Å². The van der Waals surface area contributed by atoms with Crippen LogP contribution < -0.4 is 5.73 Å². The summed E-state index contributed by atoms with van der Waals surface area (Å²) in [5.41, 5.74) is 5.76. The Kier molecular flexibility index (Phi) is 4.96. The molecule has 1 fully saturated rings. The van der Waals surface area contributed by atoms with E-state index in [0.717, 1.165) is 13.1 Å². The average molecular weight is 225 g/mol. The molecule has 4 nitrogen and oxygen atoms in total. The first-order valence-corrected chi connectivity index (χ1v) is 5.88. The Hall–Kier alpha value is -0.870. The normalized spacial score (nSPS) is 23.1. The lowest BCUT2D eigenvalue weighted by Crippen LogP contribution is -2.46. The minimum Gasteiger partial charge on any atom is -0.343 e. The van der Waals surface area contributed by atoms with Gasteiger partial charge >= 0.3 is 0 Å². The fourth-order valence-corrected chi connectivity index (χ4v) is 2.18. The maximum atomic E-state index is 11.9. The molecular formula is C12H23N3O. The number of hydrogen-bond donors (Lipinski definition) is 1. The molecule has 1 saturated heterocycles. The van der Waals surface area contributed by atoms with Crippen molar-refractivity contribution in [2.45, 2.75) is 31.3 Å². The molecule has 1 aliphatic heterocycles. The van der Waals surface area contributed by atoms with Gasteiger partial charge in [-0.3, -0.25) is 4.79 Å². The lowest BCUT2D eigenvalue weighted by atomic mass is 10.1. The highest BCUT2D eigenvalue weighted by atomic mass is 16.2. The van der Waals surface area contributed by atoms with Crippen LogP contribution in [0.25, 0.3) is 0 Å². The summed E-state index contributed by atoms with van der Waals surface area (Å²) >= 11 is 0. The third-order valence-corrected chi connectivity index (χ3v) is 3.27. The van der Waals surface area contributed by atoms with Crippen LogP contribution in [-0.2, 0) is 4.79 Å². The Morgan fingerprint density at radius 1 is 1.75 bits per heavy atom. The molecule has 1 amide bonds. The standard InChI is InChI=1S/C12H23N3O/c1-4-6-11(13)12(16)15(3)9-10-7-5-8-14(10)2/h4,10-11H,1,5-9,13H2,2-3H3. The molecule has 0 bridgehead atoms. The van der Waals surface area contributed by atoms with Gasteiger partial charge in [0.05, 0.1) is 6.04 Å². The fourth-order valence-electron chi connectivity index (χ4n) is 2.18. The number of nitrogens with two attached hydrogens (primary N) is 1. The summed E-state index contributed by atoms with van der Waals surface area (Å²) in [5.74, 6) is 0.0141. The number of rotatable bonds is 5. The monoisotopic (exact) mass is 225 g/mol. The summed E-state index contributed by atoms with van der Waals surface area (Å²) in [4.78, 5) is 15.9. The fraction of sp³-hybridized carbons (Fsp3) is 0.750. The van der Waals surface area contributed by atoms with Crippen LogP contribution in [-0.4, -0.2) is 55.0 Å². The number of hydrogen-bond acceptors (Lipinski definition) is 3. The average Bonchev–Trinajstić information content (AvgIpc) is 2.63. The summed E-state index contributed by atoms with van der Waals surface area (Å²) in [5, 5.41) is 0. The van der Waals surface area contributed by atoms with Crippen molar-refractivity contribution in [3.05, 3.63) is 12.7 Å². The Bertz CT molecular complexity index is 255. The largest absolute Gasteiger partial charge is 0.343 e. The van der Waals surface area contributed by atoms with E-state index in [2.05, 4.69) is 18.5 Å². The topological polar surface area (TPSA) is 49.6 Å². The van der Waals surface area contributed by atoms with Crippen LogP contribution in [0.1, 0.15) is 19.3 Å². The maximum absolute atomic E-state index is 11.9. The van der Waals surface area contributed by atoms with E-state index in [0.29, 0.717) is 12.5 Å². The predicted octanol–water partition coefficient (Wildman–Crippen LogP) is 0.442. The number of carbonyl (C=O) groups excluding carboxylic acids is 1. The SMILES string of the molecule is C=CCC(N)C(=O)N(C)CC1CCCN1C. The zero-order valence-corrected chi connectivity index (χ0v) is 10.4. The van der Waals surface area contributed by atoms with Crippen molar-refractivity contribution in [2.24, 2.45) is 5.73 Å². The quantitative estimate of drug-likeness (QED) is 0.691. The predicted molar refractivity (Wildman–Crippen MR) is 66.1 cm³/mol. The van der Waals surface area contributed by atoms with Gasteiger partial charge in [-0.15, -0.1) is 6.58 Å². The highest BCUT2D eigenvalue weighted by Gasteiger charge is 2.25. The van der Waals surface area contributed by atoms with Crippen molar-refractivity contribution in [3.8, 4) is 0 Å².